The number of alkyl halides is 2. The molecule has 2 heterocycles. The first-order chi connectivity index (χ1) is 12.6. The van der Waals surface area contributed by atoms with E-state index >= 15 is 0 Å². The van der Waals surface area contributed by atoms with Crippen molar-refractivity contribution >= 4 is 28.9 Å². The van der Waals surface area contributed by atoms with Crippen LogP contribution < -0.4 is 4.74 Å². The largest absolute Gasteiger partial charge is 0.457 e. The lowest BCUT2D eigenvalue weighted by Crippen LogP contribution is -2.07. The van der Waals surface area contributed by atoms with E-state index in [9.17, 15) is 13.6 Å². The molecule has 0 unspecified atom stereocenters. The smallest absolute Gasteiger partial charge is 0.387 e. The monoisotopic (exact) mass is 355 g/mol. The number of ether oxygens (including phenoxy) is 2. The molecule has 26 heavy (non-hydrogen) atoms. The van der Waals surface area contributed by atoms with Gasteiger partial charge >= 0.3 is 12.6 Å². The van der Waals surface area contributed by atoms with E-state index in [1.807, 2.05) is 24.3 Å². The van der Waals surface area contributed by atoms with Gasteiger partial charge in [0, 0.05) is 17.0 Å². The van der Waals surface area contributed by atoms with Crippen molar-refractivity contribution in [3.8, 4) is 5.75 Å². The summed E-state index contributed by atoms with van der Waals surface area (Å²) in [7, 11) is 0. The van der Waals surface area contributed by atoms with Crippen LogP contribution in [0.5, 0.6) is 5.75 Å². The molecule has 1 aliphatic rings. The van der Waals surface area contributed by atoms with Crippen LogP contribution in [0.15, 0.2) is 69.7 Å². The minimum atomic E-state index is -2.94. The van der Waals surface area contributed by atoms with Crippen LogP contribution >= 0.6 is 0 Å². The number of halogens is 2. The van der Waals surface area contributed by atoms with E-state index in [0.717, 1.165) is 5.39 Å². The van der Waals surface area contributed by atoms with E-state index in [2.05, 4.69) is 9.73 Å². The SMILES string of the molecule is O=C1OC(c2cccc(OC(F)F)c2)=N/C1=C\c1cc2ccccc2o1. The van der Waals surface area contributed by atoms with Crippen molar-refractivity contribution in [2.75, 3.05) is 0 Å². The Morgan fingerprint density at radius 2 is 1.92 bits per heavy atom. The zero-order valence-corrected chi connectivity index (χ0v) is 13.2. The minimum absolute atomic E-state index is 0.0112. The number of furan rings is 1. The Kier molecular flexibility index (Phi) is 3.96. The normalized spacial score (nSPS) is 15.6. The number of benzene rings is 2. The van der Waals surface area contributed by atoms with Gasteiger partial charge in [0.2, 0.25) is 5.90 Å². The fraction of sp³-hybridized carbons (Fsp3) is 0.0526. The van der Waals surface area contributed by atoms with Gasteiger partial charge in [-0.15, -0.1) is 0 Å². The highest BCUT2D eigenvalue weighted by Crippen LogP contribution is 2.25. The number of carbonyl (C=O) groups excluding carboxylic acids is 1. The molecule has 0 aliphatic carbocycles. The van der Waals surface area contributed by atoms with Crippen LogP contribution in [0.4, 0.5) is 8.78 Å². The highest BCUT2D eigenvalue weighted by Gasteiger charge is 2.25. The van der Waals surface area contributed by atoms with Gasteiger partial charge in [-0.1, -0.05) is 24.3 Å². The molecular formula is C19H11F2NO4. The second-order valence-corrected chi connectivity index (χ2v) is 5.43. The number of hydrogen-bond acceptors (Lipinski definition) is 5. The summed E-state index contributed by atoms with van der Waals surface area (Å²) >= 11 is 0. The van der Waals surface area contributed by atoms with Gasteiger partial charge < -0.3 is 13.9 Å². The number of fused-ring (bicyclic) bond motifs is 1. The fourth-order valence-electron chi connectivity index (χ4n) is 2.55. The van der Waals surface area contributed by atoms with E-state index in [0.29, 0.717) is 16.9 Å². The Bertz CT molecular complexity index is 1020. The van der Waals surface area contributed by atoms with Gasteiger partial charge in [0.05, 0.1) is 0 Å². The molecule has 1 aromatic heterocycles. The highest BCUT2D eigenvalue weighted by molar-refractivity contribution is 6.13. The Morgan fingerprint density at radius 1 is 1.08 bits per heavy atom. The lowest BCUT2D eigenvalue weighted by Gasteiger charge is -2.05. The third kappa shape index (κ3) is 3.19. The molecule has 2 aromatic carbocycles. The molecule has 0 atom stereocenters. The standard InChI is InChI=1S/C19H11F2NO4/c20-19(21)25-13-6-3-5-12(9-13)17-22-15(18(23)26-17)10-14-8-11-4-1-2-7-16(11)24-14/h1-10,19H/b15-10-. The van der Waals surface area contributed by atoms with Crippen molar-refractivity contribution < 1.29 is 27.5 Å². The molecule has 0 saturated carbocycles. The van der Waals surface area contributed by atoms with E-state index in [-0.39, 0.29) is 17.3 Å². The van der Waals surface area contributed by atoms with Crippen molar-refractivity contribution in [3.63, 3.8) is 0 Å². The summed E-state index contributed by atoms with van der Waals surface area (Å²) < 4.78 is 39.7. The minimum Gasteiger partial charge on any atom is -0.457 e. The second-order valence-electron chi connectivity index (χ2n) is 5.43. The number of aliphatic imine (C=N–C) groups is 1. The van der Waals surface area contributed by atoms with Crippen LogP contribution in [0.25, 0.3) is 17.0 Å². The average molecular weight is 355 g/mol. The molecule has 0 bridgehead atoms. The molecule has 1 aliphatic heterocycles. The van der Waals surface area contributed by atoms with E-state index < -0.39 is 12.6 Å². The van der Waals surface area contributed by atoms with Gasteiger partial charge in [-0.05, 0) is 30.3 Å². The van der Waals surface area contributed by atoms with Crippen LogP contribution in [0.3, 0.4) is 0 Å². The number of hydrogen-bond donors (Lipinski definition) is 0. The molecule has 0 amide bonds. The summed E-state index contributed by atoms with van der Waals surface area (Å²) in [6.07, 6.45) is 1.47. The molecule has 0 saturated heterocycles. The van der Waals surface area contributed by atoms with Crippen LogP contribution in [0.1, 0.15) is 11.3 Å². The van der Waals surface area contributed by atoms with Gasteiger partial charge in [-0.3, -0.25) is 0 Å². The number of carbonyl (C=O) groups is 1. The van der Waals surface area contributed by atoms with E-state index in [4.69, 9.17) is 9.15 Å². The van der Waals surface area contributed by atoms with Gasteiger partial charge in [0.1, 0.15) is 17.1 Å². The van der Waals surface area contributed by atoms with Gasteiger partial charge in [-0.25, -0.2) is 9.79 Å². The Morgan fingerprint density at radius 3 is 2.73 bits per heavy atom. The quantitative estimate of drug-likeness (QED) is 0.515. The third-order valence-corrected chi connectivity index (χ3v) is 3.65. The first-order valence-electron chi connectivity index (χ1n) is 7.65. The second kappa shape index (κ2) is 6.44. The van der Waals surface area contributed by atoms with Crippen molar-refractivity contribution in [2.24, 2.45) is 4.99 Å². The van der Waals surface area contributed by atoms with Crippen LogP contribution in [0, 0.1) is 0 Å². The predicted molar refractivity (Wildman–Crippen MR) is 89.9 cm³/mol. The highest BCUT2D eigenvalue weighted by atomic mass is 19.3. The molecule has 0 spiro atoms. The van der Waals surface area contributed by atoms with E-state index in [1.165, 1.54) is 24.3 Å². The number of rotatable bonds is 4. The Balaban J connectivity index is 1.65. The molecule has 130 valence electrons. The Hall–Kier alpha value is -3.48. The maximum absolute atomic E-state index is 12.3. The fourth-order valence-corrected chi connectivity index (χ4v) is 2.55. The van der Waals surface area contributed by atoms with Crippen LogP contribution in [-0.2, 0) is 9.53 Å². The van der Waals surface area contributed by atoms with Crippen molar-refractivity contribution in [2.45, 2.75) is 6.61 Å². The molecule has 4 rings (SSSR count). The Labute approximate surface area is 146 Å². The first kappa shape index (κ1) is 16.0. The first-order valence-corrected chi connectivity index (χ1v) is 7.65. The van der Waals surface area contributed by atoms with Crippen LogP contribution in [0.2, 0.25) is 0 Å². The summed E-state index contributed by atoms with van der Waals surface area (Å²) in [6, 6.07) is 15.0. The topological polar surface area (TPSA) is 61.0 Å². The molecular weight excluding hydrogens is 344 g/mol. The zero-order chi connectivity index (χ0) is 18.1. The number of nitrogens with zero attached hydrogens (tertiary/aromatic N) is 1. The maximum atomic E-state index is 12.3. The molecule has 5 nitrogen and oxygen atoms in total. The molecule has 0 radical (unpaired) electrons. The summed E-state index contributed by atoms with van der Waals surface area (Å²) in [5, 5.41) is 0.895. The third-order valence-electron chi connectivity index (χ3n) is 3.65. The number of para-hydroxylation sites is 1. The van der Waals surface area contributed by atoms with Gasteiger partial charge in [0.25, 0.3) is 0 Å². The average Bonchev–Trinajstić information content (AvgIpc) is 3.18. The van der Waals surface area contributed by atoms with Gasteiger partial charge in [-0.2, -0.15) is 8.78 Å². The van der Waals surface area contributed by atoms with Crippen molar-refractivity contribution in [1.29, 1.82) is 0 Å². The zero-order valence-electron chi connectivity index (χ0n) is 13.2. The van der Waals surface area contributed by atoms with Gasteiger partial charge in [0.15, 0.2) is 5.70 Å². The summed E-state index contributed by atoms with van der Waals surface area (Å²) in [5.41, 5.74) is 1.09. The number of cyclic esters (lactones) is 1. The van der Waals surface area contributed by atoms with Crippen molar-refractivity contribution in [1.82, 2.24) is 0 Å². The molecule has 0 N–H and O–H groups in total. The summed E-state index contributed by atoms with van der Waals surface area (Å²) in [4.78, 5) is 16.2. The van der Waals surface area contributed by atoms with E-state index in [1.54, 1.807) is 12.1 Å². The van der Waals surface area contributed by atoms with Crippen molar-refractivity contribution in [3.05, 3.63) is 71.6 Å². The summed E-state index contributed by atoms with van der Waals surface area (Å²) in [5.74, 6) is -0.235. The lowest BCUT2D eigenvalue weighted by atomic mass is 10.2. The molecule has 0 fully saturated rings. The lowest BCUT2D eigenvalue weighted by molar-refractivity contribution is -0.129. The molecule has 3 aromatic rings. The number of esters is 1. The van der Waals surface area contributed by atoms with Crippen LogP contribution in [-0.4, -0.2) is 18.5 Å². The molecule has 7 heteroatoms. The maximum Gasteiger partial charge on any atom is 0.387 e. The predicted octanol–water partition coefficient (Wildman–Crippen LogP) is 4.38. The summed E-state index contributed by atoms with van der Waals surface area (Å²) in [6.45, 7) is -2.94.